The Balaban J connectivity index is 2.14. The number of carbonyl (C=O) groups is 1. The van der Waals surface area contributed by atoms with Crippen molar-refractivity contribution in [2.45, 2.75) is 4.90 Å². The SMILES string of the molecule is N#C/C(NC(=O)c1ccc(Cl)cc1)=C(\Cl)Sc1ccc(Cl)cc1. The summed E-state index contributed by atoms with van der Waals surface area (Å²) in [7, 11) is 0. The molecule has 0 aromatic heterocycles. The number of nitriles is 1. The van der Waals surface area contributed by atoms with Crippen LogP contribution in [0.4, 0.5) is 0 Å². The lowest BCUT2D eigenvalue weighted by Crippen LogP contribution is -2.22. The van der Waals surface area contributed by atoms with E-state index < -0.39 is 5.91 Å². The van der Waals surface area contributed by atoms with Gasteiger partial charge in [0.15, 0.2) is 0 Å². The van der Waals surface area contributed by atoms with Gasteiger partial charge in [-0.2, -0.15) is 5.26 Å². The highest BCUT2D eigenvalue weighted by molar-refractivity contribution is 8.04. The van der Waals surface area contributed by atoms with Crippen molar-refractivity contribution in [3.63, 3.8) is 0 Å². The number of halogens is 3. The van der Waals surface area contributed by atoms with Crippen LogP contribution in [0.3, 0.4) is 0 Å². The standard InChI is InChI=1S/C16H9Cl3N2OS/c17-11-3-1-10(2-4-11)16(22)21-14(9-20)15(19)23-13-7-5-12(18)6-8-13/h1-8H,(H,21,22)/b15-14-. The minimum Gasteiger partial charge on any atom is -0.311 e. The second-order valence-electron chi connectivity index (χ2n) is 4.28. The van der Waals surface area contributed by atoms with Gasteiger partial charge >= 0.3 is 0 Å². The molecule has 0 aliphatic carbocycles. The van der Waals surface area contributed by atoms with E-state index in [0.29, 0.717) is 15.6 Å². The van der Waals surface area contributed by atoms with E-state index in [2.05, 4.69) is 5.32 Å². The molecule has 0 spiro atoms. The highest BCUT2D eigenvalue weighted by Crippen LogP contribution is 2.31. The van der Waals surface area contributed by atoms with Gasteiger partial charge in [-0.1, -0.05) is 46.6 Å². The Morgan fingerprint density at radius 1 is 1.00 bits per heavy atom. The van der Waals surface area contributed by atoms with Crippen molar-refractivity contribution in [2.75, 3.05) is 0 Å². The second kappa shape index (κ2) is 8.28. The lowest BCUT2D eigenvalue weighted by atomic mass is 10.2. The molecule has 0 atom stereocenters. The molecule has 116 valence electrons. The molecule has 0 aliphatic heterocycles. The van der Waals surface area contributed by atoms with E-state index in [0.717, 1.165) is 16.7 Å². The molecule has 0 bridgehead atoms. The van der Waals surface area contributed by atoms with Gasteiger partial charge in [-0.05, 0) is 48.5 Å². The third-order valence-corrected chi connectivity index (χ3v) is 4.49. The first-order valence-corrected chi connectivity index (χ1v) is 8.25. The van der Waals surface area contributed by atoms with Crippen molar-refractivity contribution >= 4 is 52.5 Å². The van der Waals surface area contributed by atoms with E-state index in [1.54, 1.807) is 48.5 Å². The molecule has 0 unspecified atom stereocenters. The molecule has 0 saturated carbocycles. The minimum atomic E-state index is -0.437. The number of carbonyl (C=O) groups excluding carboxylic acids is 1. The Labute approximate surface area is 152 Å². The van der Waals surface area contributed by atoms with E-state index in [-0.39, 0.29) is 10.1 Å². The molecule has 2 aromatic carbocycles. The Hall–Kier alpha value is -1.64. The van der Waals surface area contributed by atoms with Crippen LogP contribution >= 0.6 is 46.6 Å². The largest absolute Gasteiger partial charge is 0.311 e. The van der Waals surface area contributed by atoms with Crippen molar-refractivity contribution in [1.82, 2.24) is 5.32 Å². The zero-order chi connectivity index (χ0) is 16.8. The quantitative estimate of drug-likeness (QED) is 0.564. The van der Waals surface area contributed by atoms with Crippen LogP contribution < -0.4 is 5.32 Å². The van der Waals surface area contributed by atoms with E-state index >= 15 is 0 Å². The maximum Gasteiger partial charge on any atom is 0.256 e. The fraction of sp³-hybridized carbons (Fsp3) is 0. The number of allylic oxidation sites excluding steroid dienone is 1. The highest BCUT2D eigenvalue weighted by Gasteiger charge is 2.12. The first-order chi connectivity index (χ1) is 11.0. The van der Waals surface area contributed by atoms with E-state index in [1.807, 2.05) is 6.07 Å². The first-order valence-electron chi connectivity index (χ1n) is 6.30. The van der Waals surface area contributed by atoms with Crippen LogP contribution in [0.5, 0.6) is 0 Å². The van der Waals surface area contributed by atoms with Gasteiger partial charge in [-0.25, -0.2) is 0 Å². The zero-order valence-electron chi connectivity index (χ0n) is 11.5. The van der Waals surface area contributed by atoms with Crippen LogP contribution in [0.1, 0.15) is 10.4 Å². The van der Waals surface area contributed by atoms with Crippen LogP contribution in [0.25, 0.3) is 0 Å². The van der Waals surface area contributed by atoms with Crippen molar-refractivity contribution in [2.24, 2.45) is 0 Å². The van der Waals surface area contributed by atoms with Crippen molar-refractivity contribution in [3.8, 4) is 6.07 Å². The molecule has 0 radical (unpaired) electrons. The zero-order valence-corrected chi connectivity index (χ0v) is 14.6. The summed E-state index contributed by atoms with van der Waals surface area (Å²) in [6.45, 7) is 0. The number of thioether (sulfide) groups is 1. The molecule has 0 aliphatic rings. The second-order valence-corrected chi connectivity index (χ2v) is 6.84. The lowest BCUT2D eigenvalue weighted by molar-refractivity contribution is 0.0967. The van der Waals surface area contributed by atoms with Crippen molar-refractivity contribution < 1.29 is 4.79 Å². The molecule has 23 heavy (non-hydrogen) atoms. The van der Waals surface area contributed by atoms with Crippen LogP contribution in [-0.2, 0) is 0 Å². The van der Waals surface area contributed by atoms with Crippen LogP contribution in [-0.4, -0.2) is 5.91 Å². The molecule has 2 aromatic rings. The topological polar surface area (TPSA) is 52.9 Å². The van der Waals surface area contributed by atoms with Crippen molar-refractivity contribution in [3.05, 3.63) is 74.2 Å². The molecular formula is C16H9Cl3N2OS. The van der Waals surface area contributed by atoms with Crippen LogP contribution in [0.2, 0.25) is 10.0 Å². The van der Waals surface area contributed by atoms with Crippen LogP contribution in [0, 0.1) is 11.3 Å². The molecule has 7 heteroatoms. The number of hydrogen-bond donors (Lipinski definition) is 1. The lowest BCUT2D eigenvalue weighted by Gasteiger charge is -2.06. The number of amides is 1. The Morgan fingerprint density at radius 2 is 1.52 bits per heavy atom. The fourth-order valence-corrected chi connectivity index (χ4v) is 2.85. The summed E-state index contributed by atoms with van der Waals surface area (Å²) in [5.41, 5.74) is 0.356. The number of nitrogens with zero attached hydrogens (tertiary/aromatic N) is 1. The van der Waals surface area contributed by atoms with E-state index in [4.69, 9.17) is 34.8 Å². The van der Waals surface area contributed by atoms with Gasteiger partial charge < -0.3 is 5.32 Å². The first kappa shape index (κ1) is 17.7. The average molecular weight is 384 g/mol. The van der Waals surface area contributed by atoms with Gasteiger partial charge in [0.2, 0.25) is 0 Å². The highest BCUT2D eigenvalue weighted by atomic mass is 35.5. The monoisotopic (exact) mass is 382 g/mol. The summed E-state index contributed by atoms with van der Waals surface area (Å²) in [6, 6.07) is 15.2. The normalized spacial score (nSPS) is 11.4. The third kappa shape index (κ3) is 5.19. The summed E-state index contributed by atoms with van der Waals surface area (Å²) >= 11 is 18.9. The van der Waals surface area contributed by atoms with E-state index in [9.17, 15) is 10.1 Å². The molecule has 1 amide bonds. The van der Waals surface area contributed by atoms with Gasteiger partial charge in [0, 0.05) is 20.5 Å². The number of benzene rings is 2. The summed E-state index contributed by atoms with van der Waals surface area (Å²) < 4.78 is 0.164. The minimum absolute atomic E-state index is 0.0217. The smallest absolute Gasteiger partial charge is 0.256 e. The van der Waals surface area contributed by atoms with Gasteiger partial charge in [0.05, 0.1) is 0 Å². The Bertz CT molecular complexity index is 780. The molecule has 0 fully saturated rings. The molecular weight excluding hydrogens is 375 g/mol. The molecule has 0 heterocycles. The number of nitrogens with one attached hydrogen (secondary N) is 1. The van der Waals surface area contributed by atoms with Gasteiger partial charge in [0.25, 0.3) is 5.91 Å². The fourth-order valence-electron chi connectivity index (χ4n) is 1.57. The maximum atomic E-state index is 12.1. The molecule has 2 rings (SSSR count). The Morgan fingerprint density at radius 3 is 2.04 bits per heavy atom. The number of hydrogen-bond acceptors (Lipinski definition) is 3. The Kier molecular flexibility index (Phi) is 6.37. The van der Waals surface area contributed by atoms with Gasteiger partial charge in [-0.15, -0.1) is 0 Å². The van der Waals surface area contributed by atoms with Gasteiger partial charge in [-0.3, -0.25) is 4.79 Å². The summed E-state index contributed by atoms with van der Waals surface area (Å²) in [6.07, 6.45) is 0. The third-order valence-electron chi connectivity index (χ3n) is 2.67. The predicted octanol–water partition coefficient (Wildman–Crippen LogP) is 5.45. The average Bonchev–Trinajstić information content (AvgIpc) is 2.55. The summed E-state index contributed by atoms with van der Waals surface area (Å²) in [5.74, 6) is -0.437. The van der Waals surface area contributed by atoms with Gasteiger partial charge in [0.1, 0.15) is 16.1 Å². The summed E-state index contributed by atoms with van der Waals surface area (Å²) in [4.78, 5) is 12.9. The number of rotatable bonds is 4. The summed E-state index contributed by atoms with van der Waals surface area (Å²) in [5, 5.41) is 12.8. The van der Waals surface area contributed by atoms with Crippen LogP contribution in [0.15, 0.2) is 63.5 Å². The maximum absolute atomic E-state index is 12.1. The molecule has 3 nitrogen and oxygen atoms in total. The molecule has 1 N–H and O–H groups in total. The predicted molar refractivity (Wildman–Crippen MR) is 94.7 cm³/mol. The molecule has 0 saturated heterocycles. The van der Waals surface area contributed by atoms with Crippen molar-refractivity contribution in [1.29, 1.82) is 5.26 Å². The van der Waals surface area contributed by atoms with E-state index in [1.165, 1.54) is 0 Å².